The topological polar surface area (TPSA) is 79.2 Å². The summed E-state index contributed by atoms with van der Waals surface area (Å²) in [6.45, 7) is 1.96. The molecule has 0 saturated heterocycles. The predicted octanol–water partition coefficient (Wildman–Crippen LogP) is 3.87. The second-order valence-corrected chi connectivity index (χ2v) is 6.14. The molecule has 0 unspecified atom stereocenters. The van der Waals surface area contributed by atoms with Gasteiger partial charge >= 0.3 is 0 Å². The first-order valence-corrected chi connectivity index (χ1v) is 8.37. The molecule has 5 nitrogen and oxygen atoms in total. The normalized spacial score (nSPS) is 12.0. The van der Waals surface area contributed by atoms with Crippen molar-refractivity contribution in [2.45, 2.75) is 38.7 Å². The summed E-state index contributed by atoms with van der Waals surface area (Å²) < 4.78 is 10.8. The van der Waals surface area contributed by atoms with Gasteiger partial charge in [-0.15, -0.1) is 0 Å². The van der Waals surface area contributed by atoms with Crippen molar-refractivity contribution in [3.63, 3.8) is 0 Å². The van der Waals surface area contributed by atoms with Crippen molar-refractivity contribution in [3.05, 3.63) is 47.0 Å². The smallest absolute Gasteiger partial charge is 0.157 e. The van der Waals surface area contributed by atoms with Crippen LogP contribution >= 0.6 is 0 Å². The van der Waals surface area contributed by atoms with Crippen LogP contribution in [0.2, 0.25) is 0 Å². The molecule has 0 spiro atoms. The largest absolute Gasteiger partial charge is 0.504 e. The maximum absolute atomic E-state index is 10.2. The Morgan fingerprint density at radius 2 is 1.56 bits per heavy atom. The summed E-state index contributed by atoms with van der Waals surface area (Å²) in [5, 5.41) is 29.0. The first-order valence-electron chi connectivity index (χ1n) is 8.37. The van der Waals surface area contributed by atoms with Crippen LogP contribution in [0, 0.1) is 6.92 Å². The van der Waals surface area contributed by atoms with Gasteiger partial charge in [-0.3, -0.25) is 0 Å². The van der Waals surface area contributed by atoms with Crippen LogP contribution in [0.15, 0.2) is 30.3 Å². The average molecular weight is 346 g/mol. The van der Waals surface area contributed by atoms with Crippen LogP contribution in [0.25, 0.3) is 0 Å². The summed E-state index contributed by atoms with van der Waals surface area (Å²) >= 11 is 0. The molecule has 2 aromatic carbocycles. The van der Waals surface area contributed by atoms with Crippen LogP contribution in [-0.4, -0.2) is 29.5 Å². The number of aromatic hydroxyl groups is 2. The highest BCUT2D eigenvalue weighted by atomic mass is 16.5. The molecule has 0 aliphatic heterocycles. The number of phenolic OH excluding ortho intramolecular Hbond substituents is 2. The Bertz CT molecular complexity index is 686. The number of rotatable bonds is 8. The summed E-state index contributed by atoms with van der Waals surface area (Å²) in [5.74, 6) is 1.23. The van der Waals surface area contributed by atoms with E-state index < -0.39 is 6.10 Å². The number of methoxy groups -OCH3 is 2. The minimum atomic E-state index is -0.659. The van der Waals surface area contributed by atoms with Gasteiger partial charge in [-0.05, 0) is 61.6 Å². The lowest BCUT2D eigenvalue weighted by Crippen LogP contribution is -1.99. The molecule has 0 amide bonds. The number of unbranched alkanes of at least 4 members (excludes halogenated alkanes) is 1. The molecule has 0 fully saturated rings. The van der Waals surface area contributed by atoms with Gasteiger partial charge in [-0.2, -0.15) is 0 Å². The highest BCUT2D eigenvalue weighted by molar-refractivity contribution is 5.47. The average Bonchev–Trinajstić information content (AvgIpc) is 2.61. The number of hydrogen-bond donors (Lipinski definition) is 3. The fourth-order valence-corrected chi connectivity index (χ4v) is 2.87. The molecule has 136 valence electrons. The third-order valence-electron chi connectivity index (χ3n) is 4.39. The van der Waals surface area contributed by atoms with Crippen molar-refractivity contribution in [1.29, 1.82) is 0 Å². The Morgan fingerprint density at radius 1 is 0.920 bits per heavy atom. The maximum atomic E-state index is 10.2. The van der Waals surface area contributed by atoms with Gasteiger partial charge in [-0.25, -0.2) is 0 Å². The van der Waals surface area contributed by atoms with E-state index in [9.17, 15) is 15.3 Å². The maximum Gasteiger partial charge on any atom is 0.157 e. The molecule has 0 aliphatic rings. The van der Waals surface area contributed by atoms with E-state index in [4.69, 9.17) is 9.47 Å². The van der Waals surface area contributed by atoms with E-state index >= 15 is 0 Å². The van der Waals surface area contributed by atoms with Crippen molar-refractivity contribution >= 4 is 0 Å². The molecule has 0 bridgehead atoms. The zero-order valence-corrected chi connectivity index (χ0v) is 15.0. The molecular formula is C20H26O5. The van der Waals surface area contributed by atoms with Gasteiger partial charge in [0.25, 0.3) is 0 Å². The zero-order valence-electron chi connectivity index (χ0n) is 15.0. The number of phenols is 2. The van der Waals surface area contributed by atoms with E-state index in [2.05, 4.69) is 0 Å². The SMILES string of the molecule is COc1cc(CCCC[C@H](O)c2ccc(O)c(O)c2)cc(OC)c1C. The van der Waals surface area contributed by atoms with Gasteiger partial charge in [0.1, 0.15) is 11.5 Å². The first-order chi connectivity index (χ1) is 12.0. The van der Waals surface area contributed by atoms with E-state index in [0.717, 1.165) is 41.9 Å². The number of hydrogen-bond acceptors (Lipinski definition) is 5. The molecule has 0 saturated carbocycles. The molecule has 2 rings (SSSR count). The first kappa shape index (κ1) is 18.9. The lowest BCUT2D eigenvalue weighted by Gasteiger charge is -2.14. The lowest BCUT2D eigenvalue weighted by atomic mass is 10.00. The summed E-state index contributed by atoms with van der Waals surface area (Å²) in [4.78, 5) is 0. The quantitative estimate of drug-likeness (QED) is 0.499. The second-order valence-electron chi connectivity index (χ2n) is 6.14. The van der Waals surface area contributed by atoms with Crippen molar-refractivity contribution in [2.75, 3.05) is 14.2 Å². The summed E-state index contributed by atoms with van der Waals surface area (Å²) in [6.07, 6.45) is 2.54. The van der Waals surface area contributed by atoms with Crippen molar-refractivity contribution in [3.8, 4) is 23.0 Å². The predicted molar refractivity (Wildman–Crippen MR) is 96.6 cm³/mol. The Morgan fingerprint density at radius 3 is 2.12 bits per heavy atom. The fraction of sp³-hybridized carbons (Fsp3) is 0.400. The molecule has 2 aromatic rings. The molecule has 3 N–H and O–H groups in total. The lowest BCUT2D eigenvalue weighted by molar-refractivity contribution is 0.163. The molecule has 0 radical (unpaired) electrons. The van der Waals surface area contributed by atoms with Gasteiger partial charge < -0.3 is 24.8 Å². The van der Waals surface area contributed by atoms with E-state index in [-0.39, 0.29) is 11.5 Å². The van der Waals surface area contributed by atoms with Crippen molar-refractivity contribution in [2.24, 2.45) is 0 Å². The second kappa shape index (κ2) is 8.62. The van der Waals surface area contributed by atoms with E-state index in [1.807, 2.05) is 19.1 Å². The Labute approximate surface area is 148 Å². The molecule has 0 aromatic heterocycles. The molecule has 1 atom stereocenters. The van der Waals surface area contributed by atoms with Crippen LogP contribution in [0.4, 0.5) is 0 Å². The van der Waals surface area contributed by atoms with Gasteiger partial charge in [-0.1, -0.05) is 12.5 Å². The van der Waals surface area contributed by atoms with Gasteiger partial charge in [0.15, 0.2) is 11.5 Å². The Kier molecular flexibility index (Phi) is 6.53. The van der Waals surface area contributed by atoms with E-state index in [1.165, 1.54) is 12.1 Å². The summed E-state index contributed by atoms with van der Waals surface area (Å²) in [6, 6.07) is 8.45. The van der Waals surface area contributed by atoms with Crippen LogP contribution in [0.3, 0.4) is 0 Å². The third-order valence-corrected chi connectivity index (χ3v) is 4.39. The molecular weight excluding hydrogens is 320 g/mol. The van der Waals surface area contributed by atoms with Gasteiger partial charge in [0.2, 0.25) is 0 Å². The Hall–Kier alpha value is -2.40. The summed E-state index contributed by atoms with van der Waals surface area (Å²) in [7, 11) is 3.30. The Balaban J connectivity index is 1.89. The highest BCUT2D eigenvalue weighted by Crippen LogP contribution is 2.31. The monoisotopic (exact) mass is 346 g/mol. The molecule has 0 aliphatic carbocycles. The zero-order chi connectivity index (χ0) is 18.4. The van der Waals surface area contributed by atoms with Crippen LogP contribution in [-0.2, 0) is 6.42 Å². The van der Waals surface area contributed by atoms with E-state index in [1.54, 1.807) is 20.3 Å². The highest BCUT2D eigenvalue weighted by Gasteiger charge is 2.11. The van der Waals surface area contributed by atoms with Crippen molar-refractivity contribution in [1.82, 2.24) is 0 Å². The van der Waals surface area contributed by atoms with Crippen LogP contribution in [0.5, 0.6) is 23.0 Å². The molecule has 25 heavy (non-hydrogen) atoms. The van der Waals surface area contributed by atoms with E-state index in [0.29, 0.717) is 12.0 Å². The van der Waals surface area contributed by atoms with Crippen LogP contribution < -0.4 is 9.47 Å². The van der Waals surface area contributed by atoms with Gasteiger partial charge in [0, 0.05) is 5.56 Å². The summed E-state index contributed by atoms with van der Waals surface area (Å²) in [5.41, 5.74) is 2.72. The minimum absolute atomic E-state index is 0.182. The van der Waals surface area contributed by atoms with Crippen LogP contribution in [0.1, 0.15) is 42.1 Å². The number of aliphatic hydroxyl groups is 1. The molecule has 0 heterocycles. The minimum Gasteiger partial charge on any atom is -0.504 e. The van der Waals surface area contributed by atoms with Crippen molar-refractivity contribution < 1.29 is 24.8 Å². The molecule has 5 heteroatoms. The third kappa shape index (κ3) is 4.79. The fourth-order valence-electron chi connectivity index (χ4n) is 2.87. The number of aliphatic hydroxyl groups excluding tert-OH is 1. The standard InChI is InChI=1S/C20H26O5/c1-13-19(24-2)10-14(11-20(13)25-3)6-4-5-7-16(21)15-8-9-17(22)18(23)12-15/h8-12,16,21-23H,4-7H2,1-3H3/t16-/m0/s1. The number of aryl methyl sites for hydroxylation is 1. The number of ether oxygens (including phenoxy) is 2. The van der Waals surface area contributed by atoms with Gasteiger partial charge in [0.05, 0.1) is 20.3 Å². The number of benzene rings is 2.